The molecule has 4 atom stereocenters. The van der Waals surface area contributed by atoms with Gasteiger partial charge in [-0.15, -0.1) is 10.2 Å². The first-order valence-electron chi connectivity index (χ1n) is 12.0. The van der Waals surface area contributed by atoms with E-state index in [0.717, 1.165) is 38.5 Å². The van der Waals surface area contributed by atoms with Crippen molar-refractivity contribution in [3.63, 3.8) is 0 Å². The molecule has 2 aliphatic heterocycles. The molecular weight excluding hydrogens is 435 g/mol. The molecule has 6 rings (SSSR count). The second kappa shape index (κ2) is 7.97. The van der Waals surface area contributed by atoms with Gasteiger partial charge in [0.25, 0.3) is 0 Å². The molecule has 1 aromatic carbocycles. The van der Waals surface area contributed by atoms with Gasteiger partial charge in [0.1, 0.15) is 18.2 Å². The van der Waals surface area contributed by atoms with Crippen molar-refractivity contribution < 1.29 is 9.50 Å². The van der Waals surface area contributed by atoms with Crippen molar-refractivity contribution in [3.05, 3.63) is 30.7 Å². The molecular formula is C24H29FN8O. The number of benzene rings is 1. The van der Waals surface area contributed by atoms with Crippen LogP contribution in [0.25, 0.3) is 22.8 Å². The maximum atomic E-state index is 15.6. The first-order chi connectivity index (χ1) is 16.4. The summed E-state index contributed by atoms with van der Waals surface area (Å²) in [5, 5.41) is 27.2. The molecule has 2 N–H and O–H groups in total. The van der Waals surface area contributed by atoms with Crippen molar-refractivity contribution in [2.45, 2.75) is 75.3 Å². The number of aromatic hydroxyl groups is 1. The Bertz CT molecular complexity index is 1200. The van der Waals surface area contributed by atoms with Crippen molar-refractivity contribution in [2.75, 3.05) is 4.90 Å². The number of phenolic OH excluding ortho intramolecular Hbond substituents is 1. The van der Waals surface area contributed by atoms with Gasteiger partial charge in [0.05, 0.1) is 17.8 Å². The molecule has 3 fully saturated rings. The van der Waals surface area contributed by atoms with Crippen LogP contribution in [0, 0.1) is 0 Å². The second-order valence-electron chi connectivity index (χ2n) is 10.2. The normalized spacial score (nSPS) is 28.6. The molecule has 1 saturated carbocycles. The predicted octanol–water partition coefficient (Wildman–Crippen LogP) is 3.02. The summed E-state index contributed by atoms with van der Waals surface area (Å²) < 4.78 is 17.2. The molecule has 0 amide bonds. The zero-order chi connectivity index (χ0) is 23.4. The van der Waals surface area contributed by atoms with Crippen molar-refractivity contribution in [2.24, 2.45) is 7.05 Å². The van der Waals surface area contributed by atoms with Crippen LogP contribution in [-0.4, -0.2) is 64.9 Å². The van der Waals surface area contributed by atoms with Gasteiger partial charge in [0.15, 0.2) is 17.5 Å². The molecule has 10 heteroatoms. The van der Waals surface area contributed by atoms with Crippen molar-refractivity contribution in [1.29, 1.82) is 0 Å². The second-order valence-corrected chi connectivity index (χ2v) is 10.2. The molecule has 9 nitrogen and oxygen atoms in total. The number of anilines is 1. The smallest absolute Gasteiger partial charge is 0.185 e. The number of halogens is 1. The molecule has 0 radical (unpaired) electrons. The van der Waals surface area contributed by atoms with E-state index in [2.05, 4.69) is 42.4 Å². The van der Waals surface area contributed by atoms with E-state index in [1.807, 2.05) is 6.07 Å². The highest BCUT2D eigenvalue weighted by molar-refractivity contribution is 5.70. The Morgan fingerprint density at radius 3 is 2.71 bits per heavy atom. The number of hydrogen-bond donors (Lipinski definition) is 2. The van der Waals surface area contributed by atoms with Gasteiger partial charge < -0.3 is 15.3 Å². The van der Waals surface area contributed by atoms with Gasteiger partial charge in [-0.1, -0.05) is 6.07 Å². The fourth-order valence-corrected chi connectivity index (χ4v) is 5.62. The zero-order valence-electron chi connectivity index (χ0n) is 19.4. The van der Waals surface area contributed by atoms with E-state index >= 15 is 4.39 Å². The number of fused-ring (bicyclic) bond motifs is 2. The standard InChI is InChI=1S/C24H29FN8O/c1-24-9-3-4-17(28-24)21(25)18(11-24)33(15-6-7-15)20-12-26-23(30-29-20)16-8-5-14(10-19(16)34)22-27-13-32(2)31-22/h5,8,10,12-13,15,17-18,21,28,34H,3-4,6-7,9,11H2,1-2H3/t17-,18-,21+,24-/m0/s1. The fraction of sp³-hybridized carbons (Fsp3) is 0.542. The Morgan fingerprint density at radius 2 is 2.03 bits per heavy atom. The van der Waals surface area contributed by atoms with Crippen molar-refractivity contribution in [1.82, 2.24) is 35.3 Å². The van der Waals surface area contributed by atoms with E-state index in [-0.39, 0.29) is 29.4 Å². The first kappa shape index (κ1) is 21.4. The summed E-state index contributed by atoms with van der Waals surface area (Å²) in [6.45, 7) is 2.21. The summed E-state index contributed by atoms with van der Waals surface area (Å²) in [6, 6.07) is 5.10. The minimum atomic E-state index is -0.952. The third kappa shape index (κ3) is 3.79. The fourth-order valence-electron chi connectivity index (χ4n) is 5.62. The molecule has 4 heterocycles. The number of hydrogen-bond acceptors (Lipinski definition) is 8. The van der Waals surface area contributed by atoms with Crippen LogP contribution >= 0.6 is 0 Å². The Hall–Kier alpha value is -3.14. The van der Waals surface area contributed by atoms with Crippen LogP contribution in [0.4, 0.5) is 10.2 Å². The lowest BCUT2D eigenvalue weighted by molar-refractivity contribution is 0.0584. The highest BCUT2D eigenvalue weighted by atomic mass is 19.1. The van der Waals surface area contributed by atoms with E-state index < -0.39 is 6.17 Å². The van der Waals surface area contributed by atoms with Gasteiger partial charge in [-0.05, 0) is 57.6 Å². The van der Waals surface area contributed by atoms with Crippen LogP contribution in [0.2, 0.25) is 0 Å². The number of nitrogens with zero attached hydrogens (tertiary/aromatic N) is 7. The predicted molar refractivity (Wildman–Crippen MR) is 125 cm³/mol. The van der Waals surface area contributed by atoms with Gasteiger partial charge in [-0.3, -0.25) is 4.68 Å². The number of phenols is 1. The molecule has 178 valence electrons. The van der Waals surface area contributed by atoms with Gasteiger partial charge in [0, 0.05) is 30.2 Å². The highest BCUT2D eigenvalue weighted by Gasteiger charge is 2.50. The molecule has 34 heavy (non-hydrogen) atoms. The highest BCUT2D eigenvalue weighted by Crippen LogP contribution is 2.42. The van der Waals surface area contributed by atoms with Crippen LogP contribution in [0.3, 0.4) is 0 Å². The Balaban J connectivity index is 1.27. The number of piperidine rings is 2. The lowest BCUT2D eigenvalue weighted by atomic mass is 9.74. The van der Waals surface area contributed by atoms with Gasteiger partial charge >= 0.3 is 0 Å². The zero-order valence-corrected chi connectivity index (χ0v) is 19.4. The van der Waals surface area contributed by atoms with E-state index in [4.69, 9.17) is 0 Å². The van der Waals surface area contributed by atoms with E-state index in [9.17, 15) is 5.11 Å². The maximum Gasteiger partial charge on any atom is 0.185 e. The van der Waals surface area contributed by atoms with Gasteiger partial charge in [-0.25, -0.2) is 14.4 Å². The van der Waals surface area contributed by atoms with Crippen LogP contribution in [0.5, 0.6) is 5.75 Å². The first-order valence-corrected chi connectivity index (χ1v) is 12.0. The van der Waals surface area contributed by atoms with E-state index in [1.165, 1.54) is 0 Å². The summed E-state index contributed by atoms with van der Waals surface area (Å²) >= 11 is 0. The molecule has 0 spiro atoms. The average Bonchev–Trinajstić information content (AvgIpc) is 3.56. The average molecular weight is 465 g/mol. The Kier molecular flexibility index (Phi) is 5.02. The maximum absolute atomic E-state index is 15.6. The molecule has 3 aliphatic rings. The third-order valence-electron chi connectivity index (χ3n) is 7.40. The van der Waals surface area contributed by atoms with Gasteiger partial charge in [-0.2, -0.15) is 5.10 Å². The largest absolute Gasteiger partial charge is 0.507 e. The molecule has 0 unspecified atom stereocenters. The number of aromatic nitrogens is 6. The third-order valence-corrected chi connectivity index (χ3v) is 7.40. The van der Waals surface area contributed by atoms with Crippen LogP contribution in [-0.2, 0) is 7.05 Å². The molecule has 2 aromatic heterocycles. The summed E-state index contributed by atoms with van der Waals surface area (Å²) in [7, 11) is 1.79. The summed E-state index contributed by atoms with van der Waals surface area (Å²) in [5.41, 5.74) is 1.13. The monoisotopic (exact) mass is 464 g/mol. The minimum Gasteiger partial charge on any atom is -0.507 e. The lowest BCUT2D eigenvalue weighted by Crippen LogP contribution is -2.67. The Labute approximate surface area is 197 Å². The molecule has 3 aromatic rings. The van der Waals surface area contributed by atoms with Crippen LogP contribution in [0.1, 0.15) is 45.4 Å². The summed E-state index contributed by atoms with van der Waals surface area (Å²) in [5.74, 6) is 1.49. The van der Waals surface area contributed by atoms with Crippen LogP contribution in [0.15, 0.2) is 30.7 Å². The van der Waals surface area contributed by atoms with E-state index in [1.54, 1.807) is 36.4 Å². The molecule has 2 saturated heterocycles. The molecule has 2 bridgehead atoms. The minimum absolute atomic E-state index is 0.0291. The van der Waals surface area contributed by atoms with Crippen LogP contribution < -0.4 is 10.2 Å². The topological polar surface area (TPSA) is 105 Å². The Morgan fingerprint density at radius 1 is 1.18 bits per heavy atom. The van der Waals surface area contributed by atoms with Gasteiger partial charge in [0.2, 0.25) is 0 Å². The van der Waals surface area contributed by atoms with Crippen molar-refractivity contribution in [3.8, 4) is 28.5 Å². The number of aryl methyl sites for hydroxylation is 1. The number of alkyl halides is 1. The summed E-state index contributed by atoms with van der Waals surface area (Å²) in [4.78, 5) is 10.9. The van der Waals surface area contributed by atoms with Crippen molar-refractivity contribution >= 4 is 5.82 Å². The lowest BCUT2D eigenvalue weighted by Gasteiger charge is -2.52. The van der Waals surface area contributed by atoms with E-state index in [0.29, 0.717) is 28.6 Å². The molecule has 1 aliphatic carbocycles. The number of rotatable bonds is 5. The quantitative estimate of drug-likeness (QED) is 0.594. The summed E-state index contributed by atoms with van der Waals surface area (Å²) in [6.07, 6.45) is 8.14. The number of nitrogens with one attached hydrogen (secondary N) is 1. The SMILES string of the molecule is Cn1cnc(-c2ccc(-c3ncc(N(C4CC4)[C@H]4C[C@]5(C)CCC[C@H](N5)[C@H]4F)nn3)c(O)c2)n1.